The molecule has 34 heavy (non-hydrogen) atoms. The largest absolute Gasteiger partial charge is 0.393 e. The number of carbonyl (C=O) groups excluding carboxylic acids is 2. The highest BCUT2D eigenvalue weighted by molar-refractivity contribution is 6.31. The van der Waals surface area contributed by atoms with Gasteiger partial charge in [0.2, 0.25) is 0 Å². The minimum Gasteiger partial charge on any atom is -0.320 e. The number of alkyl halides is 8. The molecular formula is C20H14Cl2F8N2O2. The lowest BCUT2D eigenvalue weighted by molar-refractivity contribution is -0.345. The Morgan fingerprint density at radius 3 is 1.24 bits per heavy atom. The van der Waals surface area contributed by atoms with Crippen LogP contribution in [-0.4, -0.2) is 35.5 Å². The molecule has 2 aromatic carbocycles. The molecule has 0 radical (unpaired) electrons. The van der Waals surface area contributed by atoms with Crippen LogP contribution in [0.4, 0.5) is 46.5 Å². The molecule has 14 heteroatoms. The second kappa shape index (κ2) is 9.21. The Balaban J connectivity index is 2.38. The van der Waals surface area contributed by atoms with E-state index >= 15 is 0 Å². The van der Waals surface area contributed by atoms with Crippen molar-refractivity contribution in [1.82, 2.24) is 0 Å². The third kappa shape index (κ3) is 4.78. The molecule has 0 aliphatic carbocycles. The monoisotopic (exact) mass is 536 g/mol. The smallest absolute Gasteiger partial charge is 0.320 e. The average molecular weight is 537 g/mol. The summed E-state index contributed by atoms with van der Waals surface area (Å²) in [6.45, 7) is 2.46. The zero-order chi connectivity index (χ0) is 26.3. The van der Waals surface area contributed by atoms with Gasteiger partial charge in [-0.05, 0) is 49.2 Å². The predicted molar refractivity (Wildman–Crippen MR) is 109 cm³/mol. The summed E-state index contributed by atoms with van der Waals surface area (Å²) in [4.78, 5) is 23.6. The number of carbonyl (C=O) groups is 2. The van der Waals surface area contributed by atoms with Crippen molar-refractivity contribution >= 4 is 46.4 Å². The molecule has 4 nitrogen and oxygen atoms in total. The van der Waals surface area contributed by atoms with E-state index in [1.807, 2.05) is 0 Å². The molecule has 0 aromatic heterocycles. The van der Waals surface area contributed by atoms with E-state index in [9.17, 15) is 44.7 Å². The second-order valence-electron chi connectivity index (χ2n) is 7.12. The Hall–Kier alpha value is -2.60. The van der Waals surface area contributed by atoms with Crippen LogP contribution in [0.3, 0.4) is 0 Å². The molecular weight excluding hydrogens is 523 g/mol. The van der Waals surface area contributed by atoms with Crippen LogP contribution in [-0.2, 0) is 9.59 Å². The Kier molecular flexibility index (Phi) is 7.49. The zero-order valence-corrected chi connectivity index (χ0v) is 18.6. The third-order valence-corrected chi connectivity index (χ3v) is 5.12. The van der Waals surface area contributed by atoms with Crippen LogP contribution < -0.4 is 10.6 Å². The number of rotatable bonds is 7. The van der Waals surface area contributed by atoms with Crippen molar-refractivity contribution in [2.24, 2.45) is 0 Å². The zero-order valence-electron chi connectivity index (χ0n) is 17.1. The molecule has 2 rings (SSSR count). The first kappa shape index (κ1) is 27.6. The molecule has 0 unspecified atom stereocenters. The highest BCUT2D eigenvalue weighted by Crippen LogP contribution is 2.53. The first-order valence-electron chi connectivity index (χ1n) is 9.02. The first-order chi connectivity index (χ1) is 15.4. The Labute approximate surface area is 197 Å². The fourth-order valence-corrected chi connectivity index (χ4v) is 2.88. The van der Waals surface area contributed by atoms with Crippen molar-refractivity contribution in [2.75, 3.05) is 10.6 Å². The maximum Gasteiger partial charge on any atom is 0.393 e. The number of amides is 2. The number of halogens is 10. The minimum atomic E-state index is -7.01. The quantitative estimate of drug-likeness (QED) is 0.385. The van der Waals surface area contributed by atoms with Gasteiger partial charge in [-0.1, -0.05) is 35.3 Å². The minimum absolute atomic E-state index is 0.0187. The van der Waals surface area contributed by atoms with E-state index in [0.717, 1.165) is 12.1 Å². The van der Waals surface area contributed by atoms with Crippen LogP contribution in [0.1, 0.15) is 11.1 Å². The van der Waals surface area contributed by atoms with E-state index in [4.69, 9.17) is 23.2 Å². The van der Waals surface area contributed by atoms with Crippen LogP contribution in [0.25, 0.3) is 0 Å². The van der Waals surface area contributed by atoms with Crippen molar-refractivity contribution in [1.29, 1.82) is 0 Å². The van der Waals surface area contributed by atoms with Crippen LogP contribution in [0.15, 0.2) is 36.4 Å². The fraction of sp³-hybridized carbons (Fsp3) is 0.300. The molecule has 0 fully saturated rings. The molecule has 0 saturated heterocycles. The number of nitrogens with one attached hydrogen (secondary N) is 2. The molecule has 0 atom stereocenters. The third-order valence-electron chi connectivity index (χ3n) is 4.65. The van der Waals surface area contributed by atoms with Gasteiger partial charge in [-0.2, -0.15) is 35.1 Å². The Morgan fingerprint density at radius 2 is 0.941 bits per heavy atom. The van der Waals surface area contributed by atoms with E-state index in [1.54, 1.807) is 0 Å². The molecule has 0 spiro atoms. The van der Waals surface area contributed by atoms with Gasteiger partial charge in [0.1, 0.15) is 0 Å². The summed E-state index contributed by atoms with van der Waals surface area (Å²) in [5, 5.41) is 2.24. The van der Waals surface area contributed by atoms with Gasteiger partial charge in [0.05, 0.1) is 0 Å². The van der Waals surface area contributed by atoms with Crippen LogP contribution in [0.2, 0.25) is 10.0 Å². The maximum atomic E-state index is 14.2. The van der Waals surface area contributed by atoms with E-state index in [0.29, 0.717) is 0 Å². The number of benzene rings is 2. The number of anilines is 2. The van der Waals surface area contributed by atoms with E-state index in [2.05, 4.69) is 0 Å². The summed E-state index contributed by atoms with van der Waals surface area (Å²) in [5.74, 6) is -32.8. The topological polar surface area (TPSA) is 58.2 Å². The molecule has 0 heterocycles. The lowest BCUT2D eigenvalue weighted by Crippen LogP contribution is -2.67. The maximum absolute atomic E-state index is 14.2. The lowest BCUT2D eigenvalue weighted by Gasteiger charge is -2.35. The number of hydrogen-bond donors (Lipinski definition) is 2. The SMILES string of the molecule is Cc1ccc(Cl)cc1NC(=O)C(F)(F)C(F)(F)C(F)(F)C(F)(F)C(=O)Nc1cc(Cl)ccc1C. The fourth-order valence-electron chi connectivity index (χ4n) is 2.54. The molecule has 2 aromatic rings. The van der Waals surface area contributed by atoms with E-state index < -0.39 is 46.9 Å². The molecule has 186 valence electrons. The molecule has 0 bridgehead atoms. The van der Waals surface area contributed by atoms with Crippen molar-refractivity contribution in [3.8, 4) is 0 Å². The summed E-state index contributed by atoms with van der Waals surface area (Å²) in [6, 6.07) is 6.54. The van der Waals surface area contributed by atoms with Crippen molar-refractivity contribution in [2.45, 2.75) is 37.5 Å². The molecule has 2 N–H and O–H groups in total. The second-order valence-corrected chi connectivity index (χ2v) is 8.00. The van der Waals surface area contributed by atoms with Crippen LogP contribution >= 0.6 is 23.2 Å². The normalized spacial score (nSPS) is 12.9. The first-order valence-corrected chi connectivity index (χ1v) is 9.78. The van der Waals surface area contributed by atoms with Gasteiger partial charge in [0, 0.05) is 21.4 Å². The standard InChI is InChI=1S/C20H14Cl2F8N2O2/c1-9-3-5-11(21)7-13(9)31-15(33)17(23,24)19(27,28)20(29,30)18(25,26)16(34)32-14-8-12(22)6-4-10(14)2/h3-8H,1-2H3,(H,31,33)(H,32,34). The van der Waals surface area contributed by atoms with E-state index in [1.165, 1.54) is 48.7 Å². The highest BCUT2D eigenvalue weighted by Gasteiger charge is 2.84. The van der Waals surface area contributed by atoms with Gasteiger partial charge in [0.15, 0.2) is 0 Å². The van der Waals surface area contributed by atoms with Crippen LogP contribution in [0.5, 0.6) is 0 Å². The Bertz CT molecular complexity index is 1040. The molecule has 0 aliphatic rings. The van der Waals surface area contributed by atoms with Crippen molar-refractivity contribution in [3.63, 3.8) is 0 Å². The molecule has 0 saturated carbocycles. The van der Waals surface area contributed by atoms with Gasteiger partial charge in [-0.3, -0.25) is 9.59 Å². The predicted octanol–water partition coefficient (Wildman–Crippen LogP) is 6.73. The lowest BCUT2D eigenvalue weighted by atomic mass is 9.97. The van der Waals surface area contributed by atoms with Crippen LogP contribution in [0, 0.1) is 13.8 Å². The molecule has 0 aliphatic heterocycles. The summed E-state index contributed by atoms with van der Waals surface area (Å²) in [6.07, 6.45) is 0. The van der Waals surface area contributed by atoms with Crippen molar-refractivity contribution in [3.05, 3.63) is 57.6 Å². The van der Waals surface area contributed by atoms with Gasteiger partial charge in [-0.25, -0.2) is 0 Å². The average Bonchev–Trinajstić information content (AvgIpc) is 2.72. The van der Waals surface area contributed by atoms with Gasteiger partial charge in [-0.15, -0.1) is 0 Å². The van der Waals surface area contributed by atoms with Crippen molar-refractivity contribution < 1.29 is 44.7 Å². The number of hydrogen-bond acceptors (Lipinski definition) is 2. The highest BCUT2D eigenvalue weighted by atomic mass is 35.5. The summed E-state index contributed by atoms with van der Waals surface area (Å²) in [5.41, 5.74) is -1.08. The van der Waals surface area contributed by atoms with Gasteiger partial charge < -0.3 is 10.6 Å². The summed E-state index contributed by atoms with van der Waals surface area (Å²) >= 11 is 11.2. The summed E-state index contributed by atoms with van der Waals surface area (Å²) < 4.78 is 113. The number of aryl methyl sites for hydroxylation is 2. The summed E-state index contributed by atoms with van der Waals surface area (Å²) in [7, 11) is 0. The Morgan fingerprint density at radius 1 is 0.647 bits per heavy atom. The van der Waals surface area contributed by atoms with Gasteiger partial charge in [0.25, 0.3) is 0 Å². The molecule has 2 amide bonds. The van der Waals surface area contributed by atoms with E-state index in [-0.39, 0.29) is 21.2 Å². The van der Waals surface area contributed by atoms with Gasteiger partial charge >= 0.3 is 35.5 Å².